The highest BCUT2D eigenvalue weighted by atomic mass is 15.2. The minimum Gasteiger partial charge on any atom is -0.313 e. The molecular weight excluding hydrogens is 256 g/mol. The molecule has 1 aliphatic rings. The molecular formula is C19H32N2. The van der Waals surface area contributed by atoms with E-state index in [-0.39, 0.29) is 0 Å². The minimum atomic E-state index is 0.804. The van der Waals surface area contributed by atoms with Gasteiger partial charge in [-0.25, -0.2) is 0 Å². The van der Waals surface area contributed by atoms with Crippen molar-refractivity contribution in [1.82, 2.24) is 10.2 Å². The summed E-state index contributed by atoms with van der Waals surface area (Å²) in [6.45, 7) is 11.3. The lowest BCUT2D eigenvalue weighted by atomic mass is 10.1. The molecule has 0 aliphatic heterocycles. The summed E-state index contributed by atoms with van der Waals surface area (Å²) in [6, 6.07) is 10.0. The van der Waals surface area contributed by atoms with Crippen LogP contribution in [0.1, 0.15) is 57.6 Å². The van der Waals surface area contributed by atoms with E-state index in [2.05, 4.69) is 55.3 Å². The Morgan fingerprint density at radius 3 is 2.38 bits per heavy atom. The smallest absolute Gasteiger partial charge is 0.0236 e. The Morgan fingerprint density at radius 2 is 1.81 bits per heavy atom. The zero-order valence-corrected chi connectivity index (χ0v) is 14.1. The van der Waals surface area contributed by atoms with Gasteiger partial charge < -0.3 is 5.32 Å². The molecule has 1 saturated carbocycles. The Morgan fingerprint density at radius 1 is 1.14 bits per heavy atom. The van der Waals surface area contributed by atoms with E-state index >= 15 is 0 Å². The Balaban J connectivity index is 1.82. The Bertz CT molecular complexity index is 393. The Labute approximate surface area is 130 Å². The largest absolute Gasteiger partial charge is 0.313 e. The highest BCUT2D eigenvalue weighted by Crippen LogP contribution is 2.28. The molecule has 1 N–H and O–H groups in total. The number of nitrogens with zero attached hydrogens (tertiary/aromatic N) is 1. The van der Waals surface area contributed by atoms with Gasteiger partial charge in [0.05, 0.1) is 0 Å². The molecule has 1 aliphatic carbocycles. The number of hydrogen-bond donors (Lipinski definition) is 1. The van der Waals surface area contributed by atoms with Gasteiger partial charge in [-0.3, -0.25) is 4.90 Å². The standard InChI is InChI=1S/C19H32N2/c1-4-12-20-14-17-5-7-18(8-6-17)15-21(19-9-10-19)13-11-16(2)3/h5-8,16,19-20H,4,9-15H2,1-3H3. The summed E-state index contributed by atoms with van der Waals surface area (Å²) in [6.07, 6.45) is 5.31. The van der Waals surface area contributed by atoms with Crippen LogP contribution in [0.25, 0.3) is 0 Å². The van der Waals surface area contributed by atoms with Crippen molar-refractivity contribution < 1.29 is 0 Å². The van der Waals surface area contributed by atoms with E-state index in [0.717, 1.165) is 31.6 Å². The van der Waals surface area contributed by atoms with Gasteiger partial charge >= 0.3 is 0 Å². The van der Waals surface area contributed by atoms with Gasteiger partial charge in [-0.1, -0.05) is 45.0 Å². The first-order valence-electron chi connectivity index (χ1n) is 8.71. The van der Waals surface area contributed by atoms with Crippen LogP contribution >= 0.6 is 0 Å². The molecule has 1 aromatic rings. The van der Waals surface area contributed by atoms with Crippen molar-refractivity contribution in [1.29, 1.82) is 0 Å². The lowest BCUT2D eigenvalue weighted by Crippen LogP contribution is -2.27. The maximum Gasteiger partial charge on any atom is 0.0236 e. The first-order valence-corrected chi connectivity index (χ1v) is 8.71. The second-order valence-corrected chi connectivity index (χ2v) is 6.88. The molecule has 2 rings (SSSR count). The lowest BCUT2D eigenvalue weighted by Gasteiger charge is -2.23. The summed E-state index contributed by atoms with van der Waals surface area (Å²) < 4.78 is 0. The number of rotatable bonds is 10. The van der Waals surface area contributed by atoms with Gasteiger partial charge in [0.2, 0.25) is 0 Å². The van der Waals surface area contributed by atoms with Gasteiger partial charge in [-0.2, -0.15) is 0 Å². The van der Waals surface area contributed by atoms with Gasteiger partial charge in [0.15, 0.2) is 0 Å². The monoisotopic (exact) mass is 288 g/mol. The van der Waals surface area contributed by atoms with Crippen molar-refractivity contribution in [2.24, 2.45) is 5.92 Å². The quantitative estimate of drug-likeness (QED) is 0.649. The second kappa shape index (κ2) is 8.55. The summed E-state index contributed by atoms with van der Waals surface area (Å²) in [4.78, 5) is 2.68. The van der Waals surface area contributed by atoms with Gasteiger partial charge in [-0.05, 0) is 55.8 Å². The van der Waals surface area contributed by atoms with Crippen LogP contribution in [0.3, 0.4) is 0 Å². The van der Waals surface area contributed by atoms with Crippen molar-refractivity contribution in [2.45, 2.75) is 65.6 Å². The van der Waals surface area contributed by atoms with Gasteiger partial charge in [-0.15, -0.1) is 0 Å². The molecule has 0 amide bonds. The molecule has 1 aromatic carbocycles. The molecule has 2 nitrogen and oxygen atoms in total. The van der Waals surface area contributed by atoms with E-state index in [0.29, 0.717) is 0 Å². The summed E-state index contributed by atoms with van der Waals surface area (Å²) in [5, 5.41) is 3.46. The number of hydrogen-bond acceptors (Lipinski definition) is 2. The van der Waals surface area contributed by atoms with Crippen LogP contribution in [0.2, 0.25) is 0 Å². The fraction of sp³-hybridized carbons (Fsp3) is 0.684. The molecule has 118 valence electrons. The average Bonchev–Trinajstić information content (AvgIpc) is 3.30. The summed E-state index contributed by atoms with van der Waals surface area (Å²) in [7, 11) is 0. The van der Waals surface area contributed by atoms with E-state index in [1.54, 1.807) is 0 Å². The molecule has 0 heterocycles. The summed E-state index contributed by atoms with van der Waals surface area (Å²) in [5.41, 5.74) is 2.86. The van der Waals surface area contributed by atoms with Crippen molar-refractivity contribution in [2.75, 3.05) is 13.1 Å². The van der Waals surface area contributed by atoms with E-state index in [1.807, 2.05) is 0 Å². The predicted octanol–water partition coefficient (Wildman–Crippen LogP) is 4.20. The number of nitrogens with one attached hydrogen (secondary N) is 1. The molecule has 1 fully saturated rings. The Hall–Kier alpha value is -0.860. The Kier molecular flexibility index (Phi) is 6.72. The van der Waals surface area contributed by atoms with E-state index in [4.69, 9.17) is 0 Å². The minimum absolute atomic E-state index is 0.804. The highest BCUT2D eigenvalue weighted by Gasteiger charge is 2.28. The van der Waals surface area contributed by atoms with E-state index in [1.165, 1.54) is 43.4 Å². The third-order valence-electron chi connectivity index (χ3n) is 4.22. The third kappa shape index (κ3) is 6.19. The van der Waals surface area contributed by atoms with Crippen molar-refractivity contribution >= 4 is 0 Å². The first-order chi connectivity index (χ1) is 10.2. The fourth-order valence-corrected chi connectivity index (χ4v) is 2.66. The van der Waals surface area contributed by atoms with Crippen molar-refractivity contribution in [3.05, 3.63) is 35.4 Å². The fourth-order valence-electron chi connectivity index (χ4n) is 2.66. The van der Waals surface area contributed by atoms with E-state index in [9.17, 15) is 0 Å². The average molecular weight is 288 g/mol. The van der Waals surface area contributed by atoms with Gasteiger partial charge in [0.25, 0.3) is 0 Å². The summed E-state index contributed by atoms with van der Waals surface area (Å²) in [5.74, 6) is 0.804. The van der Waals surface area contributed by atoms with Gasteiger partial charge in [0, 0.05) is 19.1 Å². The molecule has 0 spiro atoms. The third-order valence-corrected chi connectivity index (χ3v) is 4.22. The maximum atomic E-state index is 3.46. The maximum absolute atomic E-state index is 3.46. The SMILES string of the molecule is CCCNCc1ccc(CN(CCC(C)C)C2CC2)cc1. The van der Waals surface area contributed by atoms with Crippen molar-refractivity contribution in [3.8, 4) is 0 Å². The molecule has 21 heavy (non-hydrogen) atoms. The van der Waals surface area contributed by atoms with Crippen LogP contribution in [0.4, 0.5) is 0 Å². The van der Waals surface area contributed by atoms with Crippen LogP contribution in [-0.2, 0) is 13.1 Å². The zero-order chi connectivity index (χ0) is 15.1. The first kappa shape index (κ1) is 16.5. The van der Waals surface area contributed by atoms with Crippen LogP contribution < -0.4 is 5.32 Å². The molecule has 2 heteroatoms. The lowest BCUT2D eigenvalue weighted by molar-refractivity contribution is 0.239. The van der Waals surface area contributed by atoms with Crippen LogP contribution in [-0.4, -0.2) is 24.0 Å². The topological polar surface area (TPSA) is 15.3 Å². The van der Waals surface area contributed by atoms with Crippen LogP contribution in [0.15, 0.2) is 24.3 Å². The highest BCUT2D eigenvalue weighted by molar-refractivity contribution is 5.22. The molecule has 0 bridgehead atoms. The van der Waals surface area contributed by atoms with Crippen molar-refractivity contribution in [3.63, 3.8) is 0 Å². The van der Waals surface area contributed by atoms with Crippen LogP contribution in [0, 0.1) is 5.92 Å². The van der Waals surface area contributed by atoms with Gasteiger partial charge in [0.1, 0.15) is 0 Å². The number of benzene rings is 1. The zero-order valence-electron chi connectivity index (χ0n) is 14.1. The van der Waals surface area contributed by atoms with Crippen LogP contribution in [0.5, 0.6) is 0 Å². The normalized spacial score (nSPS) is 15.1. The predicted molar refractivity (Wildman–Crippen MR) is 91.3 cm³/mol. The summed E-state index contributed by atoms with van der Waals surface area (Å²) >= 11 is 0. The molecule has 0 saturated heterocycles. The second-order valence-electron chi connectivity index (χ2n) is 6.88. The molecule has 0 atom stereocenters. The molecule has 0 radical (unpaired) electrons. The van der Waals surface area contributed by atoms with E-state index < -0.39 is 0 Å². The molecule has 0 aromatic heterocycles. The molecule has 0 unspecified atom stereocenters.